The van der Waals surface area contributed by atoms with Gasteiger partial charge in [-0.25, -0.2) is 9.48 Å². The lowest BCUT2D eigenvalue weighted by molar-refractivity contribution is 0.0687. The maximum absolute atomic E-state index is 10.9. The van der Waals surface area contributed by atoms with Crippen LogP contribution >= 0.6 is 0 Å². The van der Waals surface area contributed by atoms with Gasteiger partial charge in [-0.2, -0.15) is 10.4 Å². The van der Waals surface area contributed by atoms with Crippen LogP contribution in [0.5, 0.6) is 0 Å². The van der Waals surface area contributed by atoms with Crippen LogP contribution in [0.25, 0.3) is 5.69 Å². The Bertz CT molecular complexity index is 564. The molecule has 2 aromatic rings. The highest BCUT2D eigenvalue weighted by atomic mass is 16.4. The fraction of sp³-hybridized carbons (Fsp3) is 0. The molecule has 0 fully saturated rings. The molecule has 0 bridgehead atoms. The van der Waals surface area contributed by atoms with Gasteiger partial charge in [0.1, 0.15) is 0 Å². The normalized spacial score (nSPS) is 9.69. The summed E-state index contributed by atoms with van der Waals surface area (Å²) >= 11 is 0. The maximum Gasteiger partial charge on any atom is 0.354 e. The molecule has 0 unspecified atom stereocenters. The summed E-state index contributed by atoms with van der Waals surface area (Å²) in [5, 5.41) is 21.5. The lowest BCUT2D eigenvalue weighted by Crippen LogP contribution is -2.07. The van der Waals surface area contributed by atoms with Gasteiger partial charge in [-0.1, -0.05) is 0 Å². The summed E-state index contributed by atoms with van der Waals surface area (Å²) in [5.41, 5.74) is 1.22. The molecule has 0 aliphatic heterocycles. The summed E-state index contributed by atoms with van der Waals surface area (Å²) in [4.78, 5) is 10.9. The molecule has 0 radical (unpaired) electrons. The first-order valence-electron chi connectivity index (χ1n) is 4.50. The van der Waals surface area contributed by atoms with Crippen LogP contribution in [0.3, 0.4) is 0 Å². The number of aromatic carboxylic acids is 1. The van der Waals surface area contributed by atoms with Crippen LogP contribution in [0, 0.1) is 11.3 Å². The molecule has 1 aromatic carbocycles. The minimum atomic E-state index is -1.04. The second-order valence-corrected chi connectivity index (χ2v) is 3.09. The van der Waals surface area contributed by atoms with Crippen LogP contribution in [-0.4, -0.2) is 20.9 Å². The molecule has 0 saturated carbocycles. The first kappa shape index (κ1) is 9.93. The Labute approximate surface area is 91.2 Å². The van der Waals surface area contributed by atoms with E-state index in [9.17, 15) is 4.79 Å². The van der Waals surface area contributed by atoms with E-state index >= 15 is 0 Å². The van der Waals surface area contributed by atoms with Gasteiger partial charge in [0, 0.05) is 0 Å². The van der Waals surface area contributed by atoms with Crippen molar-refractivity contribution in [3.8, 4) is 11.8 Å². The van der Waals surface area contributed by atoms with Crippen LogP contribution in [0.1, 0.15) is 16.1 Å². The van der Waals surface area contributed by atoms with Crippen molar-refractivity contribution in [1.29, 1.82) is 5.26 Å². The summed E-state index contributed by atoms with van der Waals surface area (Å²) in [5.74, 6) is -1.04. The van der Waals surface area contributed by atoms with Gasteiger partial charge in [-0.05, 0) is 30.3 Å². The van der Waals surface area contributed by atoms with E-state index in [2.05, 4.69) is 5.10 Å². The number of hydrogen-bond acceptors (Lipinski definition) is 3. The summed E-state index contributed by atoms with van der Waals surface area (Å²) in [7, 11) is 0. The Balaban J connectivity index is 2.47. The topological polar surface area (TPSA) is 78.9 Å². The third-order valence-electron chi connectivity index (χ3n) is 2.10. The number of carboxylic acid groups (broad SMARTS) is 1. The van der Waals surface area contributed by atoms with Crippen molar-refractivity contribution < 1.29 is 9.90 Å². The minimum absolute atomic E-state index is 0.0877. The van der Waals surface area contributed by atoms with Gasteiger partial charge < -0.3 is 5.11 Å². The standard InChI is InChI=1S/C11H7N3O2/c12-7-8-1-3-9(4-2-8)14-10(11(15)16)5-6-13-14/h1-6H,(H,15,16). The zero-order chi connectivity index (χ0) is 11.5. The number of carboxylic acids is 1. The number of carbonyl (C=O) groups is 1. The molecule has 1 N–H and O–H groups in total. The number of hydrogen-bond donors (Lipinski definition) is 1. The Hall–Kier alpha value is -2.61. The molecule has 1 aromatic heterocycles. The summed E-state index contributed by atoms with van der Waals surface area (Å²) < 4.78 is 1.31. The lowest BCUT2D eigenvalue weighted by Gasteiger charge is -2.03. The number of aromatic nitrogens is 2. The second kappa shape index (κ2) is 3.87. The Morgan fingerprint density at radius 3 is 2.56 bits per heavy atom. The van der Waals surface area contributed by atoms with E-state index in [1.807, 2.05) is 6.07 Å². The number of nitriles is 1. The highest BCUT2D eigenvalue weighted by Crippen LogP contribution is 2.11. The van der Waals surface area contributed by atoms with Gasteiger partial charge >= 0.3 is 5.97 Å². The highest BCUT2D eigenvalue weighted by molar-refractivity contribution is 5.86. The average molecular weight is 213 g/mol. The monoisotopic (exact) mass is 213 g/mol. The molecular formula is C11H7N3O2. The van der Waals surface area contributed by atoms with E-state index in [0.29, 0.717) is 11.3 Å². The van der Waals surface area contributed by atoms with Crippen LogP contribution in [0.15, 0.2) is 36.5 Å². The summed E-state index contributed by atoms with van der Waals surface area (Å²) in [6, 6.07) is 9.94. The number of rotatable bonds is 2. The van der Waals surface area contributed by atoms with E-state index in [4.69, 9.17) is 10.4 Å². The highest BCUT2D eigenvalue weighted by Gasteiger charge is 2.11. The van der Waals surface area contributed by atoms with Crippen LogP contribution in [0.2, 0.25) is 0 Å². The van der Waals surface area contributed by atoms with Crippen molar-refractivity contribution in [2.45, 2.75) is 0 Å². The van der Waals surface area contributed by atoms with Gasteiger partial charge in [0.15, 0.2) is 5.69 Å². The average Bonchev–Trinajstić information content (AvgIpc) is 2.78. The molecule has 78 valence electrons. The van der Waals surface area contributed by atoms with Gasteiger partial charge in [0.25, 0.3) is 0 Å². The van der Waals surface area contributed by atoms with Crippen LogP contribution in [0.4, 0.5) is 0 Å². The van der Waals surface area contributed by atoms with Gasteiger partial charge in [0.2, 0.25) is 0 Å². The van der Waals surface area contributed by atoms with E-state index in [-0.39, 0.29) is 5.69 Å². The maximum atomic E-state index is 10.9. The molecular weight excluding hydrogens is 206 g/mol. The third kappa shape index (κ3) is 1.64. The van der Waals surface area contributed by atoms with Crippen molar-refractivity contribution in [1.82, 2.24) is 9.78 Å². The Kier molecular flexibility index (Phi) is 2.40. The molecule has 5 nitrogen and oxygen atoms in total. The predicted molar refractivity (Wildman–Crippen MR) is 55.2 cm³/mol. The number of benzene rings is 1. The summed E-state index contributed by atoms with van der Waals surface area (Å²) in [6.07, 6.45) is 1.42. The molecule has 5 heteroatoms. The Morgan fingerprint density at radius 1 is 1.31 bits per heavy atom. The zero-order valence-electron chi connectivity index (χ0n) is 8.16. The van der Waals surface area contributed by atoms with E-state index in [1.54, 1.807) is 24.3 Å². The quantitative estimate of drug-likeness (QED) is 0.818. The molecule has 2 rings (SSSR count). The van der Waals surface area contributed by atoms with Crippen molar-refractivity contribution >= 4 is 5.97 Å². The van der Waals surface area contributed by atoms with E-state index < -0.39 is 5.97 Å². The van der Waals surface area contributed by atoms with Gasteiger partial charge in [-0.3, -0.25) is 0 Å². The molecule has 0 saturated heterocycles. The molecule has 0 aliphatic rings. The van der Waals surface area contributed by atoms with Gasteiger partial charge in [-0.15, -0.1) is 0 Å². The fourth-order valence-corrected chi connectivity index (χ4v) is 1.35. The number of nitrogens with zero attached hydrogens (tertiary/aromatic N) is 3. The first-order valence-corrected chi connectivity index (χ1v) is 4.50. The molecule has 0 amide bonds. The molecule has 1 heterocycles. The SMILES string of the molecule is N#Cc1ccc(-n2nccc2C(=O)O)cc1. The van der Waals surface area contributed by atoms with Crippen LogP contribution in [-0.2, 0) is 0 Å². The van der Waals surface area contributed by atoms with Crippen molar-refractivity contribution in [2.75, 3.05) is 0 Å². The molecule has 16 heavy (non-hydrogen) atoms. The Morgan fingerprint density at radius 2 is 2.00 bits per heavy atom. The smallest absolute Gasteiger partial charge is 0.354 e. The molecule has 0 spiro atoms. The molecule has 0 aliphatic carbocycles. The third-order valence-corrected chi connectivity index (χ3v) is 2.10. The fourth-order valence-electron chi connectivity index (χ4n) is 1.35. The minimum Gasteiger partial charge on any atom is -0.477 e. The van der Waals surface area contributed by atoms with Gasteiger partial charge in [0.05, 0.1) is 23.5 Å². The summed E-state index contributed by atoms with van der Waals surface area (Å²) in [6.45, 7) is 0. The van der Waals surface area contributed by atoms with Crippen LogP contribution < -0.4 is 0 Å². The van der Waals surface area contributed by atoms with Crippen molar-refractivity contribution in [3.05, 3.63) is 47.8 Å². The molecule has 0 atom stereocenters. The largest absolute Gasteiger partial charge is 0.477 e. The first-order chi connectivity index (χ1) is 7.72. The van der Waals surface area contributed by atoms with E-state index in [0.717, 1.165) is 0 Å². The van der Waals surface area contributed by atoms with E-state index in [1.165, 1.54) is 16.9 Å². The van der Waals surface area contributed by atoms with Crippen molar-refractivity contribution in [2.24, 2.45) is 0 Å². The lowest BCUT2D eigenvalue weighted by atomic mass is 10.2. The zero-order valence-corrected chi connectivity index (χ0v) is 8.16. The second-order valence-electron chi connectivity index (χ2n) is 3.09. The van der Waals surface area contributed by atoms with Crippen molar-refractivity contribution in [3.63, 3.8) is 0 Å². The predicted octanol–water partition coefficient (Wildman–Crippen LogP) is 1.44.